The third kappa shape index (κ3) is 3.53. The van der Waals surface area contributed by atoms with Crippen LogP contribution in [0.5, 0.6) is 0 Å². The van der Waals surface area contributed by atoms with E-state index in [0.717, 1.165) is 31.0 Å². The Morgan fingerprint density at radius 1 is 1.25 bits per heavy atom. The number of likely N-dealkylation sites (tertiary alicyclic amines) is 1. The maximum Gasteiger partial charge on any atom is 0.239 e. The lowest BCUT2D eigenvalue weighted by atomic mass is 9.89. The SMILES string of the molecule is CC(C)[C@H](N)C(=O)N1CCC(c2ccc(Cl)cc2)CC1. The van der Waals surface area contributed by atoms with Crippen LogP contribution in [-0.2, 0) is 4.79 Å². The normalized spacial score (nSPS) is 18.4. The number of piperidine rings is 1. The molecule has 1 saturated heterocycles. The predicted octanol–water partition coefficient (Wildman–Crippen LogP) is 3.03. The summed E-state index contributed by atoms with van der Waals surface area (Å²) in [7, 11) is 0. The molecule has 0 aromatic heterocycles. The summed E-state index contributed by atoms with van der Waals surface area (Å²) in [6.45, 7) is 5.57. The topological polar surface area (TPSA) is 46.3 Å². The molecule has 1 fully saturated rings. The molecule has 0 unspecified atom stereocenters. The Labute approximate surface area is 126 Å². The van der Waals surface area contributed by atoms with Crippen LogP contribution in [-0.4, -0.2) is 29.9 Å². The molecule has 0 saturated carbocycles. The number of carbonyl (C=O) groups excluding carboxylic acids is 1. The highest BCUT2D eigenvalue weighted by atomic mass is 35.5. The van der Waals surface area contributed by atoms with Crippen LogP contribution in [0.1, 0.15) is 38.2 Å². The van der Waals surface area contributed by atoms with E-state index in [1.165, 1.54) is 5.56 Å². The van der Waals surface area contributed by atoms with Gasteiger partial charge < -0.3 is 10.6 Å². The van der Waals surface area contributed by atoms with Gasteiger partial charge in [-0.3, -0.25) is 4.79 Å². The summed E-state index contributed by atoms with van der Waals surface area (Å²) in [5, 5.41) is 0.768. The molecular formula is C16H23ClN2O. The average molecular weight is 295 g/mol. The second kappa shape index (κ2) is 6.59. The van der Waals surface area contributed by atoms with Gasteiger partial charge in [0.15, 0.2) is 0 Å². The minimum atomic E-state index is -0.373. The highest BCUT2D eigenvalue weighted by molar-refractivity contribution is 6.30. The van der Waals surface area contributed by atoms with Crippen molar-refractivity contribution in [1.29, 1.82) is 0 Å². The molecule has 1 aliphatic heterocycles. The van der Waals surface area contributed by atoms with Crippen molar-refractivity contribution in [3.05, 3.63) is 34.9 Å². The first kappa shape index (κ1) is 15.3. The van der Waals surface area contributed by atoms with E-state index in [2.05, 4.69) is 12.1 Å². The molecule has 1 amide bonds. The molecule has 2 N–H and O–H groups in total. The number of carbonyl (C=O) groups is 1. The Morgan fingerprint density at radius 3 is 2.30 bits per heavy atom. The van der Waals surface area contributed by atoms with Gasteiger partial charge in [-0.05, 0) is 42.4 Å². The van der Waals surface area contributed by atoms with E-state index in [9.17, 15) is 4.79 Å². The second-order valence-electron chi connectivity index (χ2n) is 5.92. The summed E-state index contributed by atoms with van der Waals surface area (Å²) < 4.78 is 0. The zero-order valence-electron chi connectivity index (χ0n) is 12.2. The Hall–Kier alpha value is -1.06. The molecule has 1 aromatic rings. The molecule has 110 valence electrons. The third-order valence-corrected chi connectivity index (χ3v) is 4.40. The number of hydrogen-bond donors (Lipinski definition) is 1. The summed E-state index contributed by atoms with van der Waals surface area (Å²) in [5.41, 5.74) is 7.26. The molecule has 0 radical (unpaired) electrons. The first-order valence-electron chi connectivity index (χ1n) is 7.29. The Morgan fingerprint density at radius 2 is 1.80 bits per heavy atom. The molecule has 1 atom stereocenters. The molecule has 3 nitrogen and oxygen atoms in total. The molecule has 1 aliphatic rings. The third-order valence-electron chi connectivity index (χ3n) is 4.15. The van der Waals surface area contributed by atoms with Gasteiger partial charge in [-0.25, -0.2) is 0 Å². The van der Waals surface area contributed by atoms with Crippen molar-refractivity contribution in [2.75, 3.05) is 13.1 Å². The van der Waals surface area contributed by atoms with Crippen molar-refractivity contribution >= 4 is 17.5 Å². The minimum absolute atomic E-state index is 0.0922. The molecule has 1 aromatic carbocycles. The largest absolute Gasteiger partial charge is 0.341 e. The summed E-state index contributed by atoms with van der Waals surface area (Å²) in [6, 6.07) is 7.67. The number of hydrogen-bond acceptors (Lipinski definition) is 2. The highest BCUT2D eigenvalue weighted by Gasteiger charge is 2.28. The smallest absolute Gasteiger partial charge is 0.239 e. The van der Waals surface area contributed by atoms with Gasteiger partial charge in [-0.15, -0.1) is 0 Å². The van der Waals surface area contributed by atoms with Crippen LogP contribution < -0.4 is 5.73 Å². The monoisotopic (exact) mass is 294 g/mol. The fraction of sp³-hybridized carbons (Fsp3) is 0.562. The number of benzene rings is 1. The van der Waals surface area contributed by atoms with Gasteiger partial charge in [0.25, 0.3) is 0 Å². The molecule has 2 rings (SSSR count). The van der Waals surface area contributed by atoms with Crippen LogP contribution in [0, 0.1) is 5.92 Å². The molecule has 4 heteroatoms. The highest BCUT2D eigenvalue weighted by Crippen LogP contribution is 2.29. The van der Waals surface area contributed by atoms with E-state index in [1.807, 2.05) is 30.9 Å². The Balaban J connectivity index is 1.92. The van der Waals surface area contributed by atoms with Crippen molar-refractivity contribution in [3.63, 3.8) is 0 Å². The molecule has 0 aliphatic carbocycles. The molecule has 20 heavy (non-hydrogen) atoms. The lowest BCUT2D eigenvalue weighted by molar-refractivity contribution is -0.134. The predicted molar refractivity (Wildman–Crippen MR) is 82.8 cm³/mol. The maximum atomic E-state index is 12.2. The van der Waals surface area contributed by atoms with Gasteiger partial charge in [0, 0.05) is 18.1 Å². The number of rotatable bonds is 3. The maximum absolute atomic E-state index is 12.2. The van der Waals surface area contributed by atoms with Gasteiger partial charge in [-0.2, -0.15) is 0 Å². The van der Waals surface area contributed by atoms with Crippen LogP contribution in [0.4, 0.5) is 0 Å². The number of halogens is 1. The van der Waals surface area contributed by atoms with E-state index < -0.39 is 0 Å². The quantitative estimate of drug-likeness (QED) is 0.931. The number of nitrogens with two attached hydrogens (primary N) is 1. The van der Waals surface area contributed by atoms with Crippen LogP contribution in [0.3, 0.4) is 0 Å². The van der Waals surface area contributed by atoms with Gasteiger partial charge in [0.1, 0.15) is 0 Å². The van der Waals surface area contributed by atoms with Crippen molar-refractivity contribution in [2.24, 2.45) is 11.7 Å². The number of amides is 1. The van der Waals surface area contributed by atoms with Crippen molar-refractivity contribution in [3.8, 4) is 0 Å². The summed E-state index contributed by atoms with van der Waals surface area (Å²) in [5.74, 6) is 0.803. The van der Waals surface area contributed by atoms with Gasteiger partial charge in [0.2, 0.25) is 5.91 Å². The van der Waals surface area contributed by atoms with Crippen LogP contribution in [0.15, 0.2) is 24.3 Å². The molecule has 1 heterocycles. The van der Waals surface area contributed by atoms with Gasteiger partial charge in [0.05, 0.1) is 6.04 Å². The first-order chi connectivity index (χ1) is 9.49. The number of nitrogens with zero attached hydrogens (tertiary/aromatic N) is 1. The van der Waals surface area contributed by atoms with Crippen LogP contribution in [0.2, 0.25) is 5.02 Å². The van der Waals surface area contributed by atoms with Crippen molar-refractivity contribution < 1.29 is 4.79 Å². The van der Waals surface area contributed by atoms with Gasteiger partial charge >= 0.3 is 0 Å². The Bertz CT molecular complexity index is 450. The van der Waals surface area contributed by atoms with E-state index in [0.29, 0.717) is 5.92 Å². The van der Waals surface area contributed by atoms with E-state index in [1.54, 1.807) is 0 Å². The van der Waals surface area contributed by atoms with Crippen molar-refractivity contribution in [1.82, 2.24) is 4.90 Å². The molecule has 0 bridgehead atoms. The van der Waals surface area contributed by atoms with E-state index >= 15 is 0 Å². The molecule has 0 spiro atoms. The Kier molecular flexibility index (Phi) is 5.06. The fourth-order valence-corrected chi connectivity index (χ4v) is 2.79. The summed E-state index contributed by atoms with van der Waals surface area (Å²) in [4.78, 5) is 14.1. The summed E-state index contributed by atoms with van der Waals surface area (Å²) >= 11 is 5.91. The van der Waals surface area contributed by atoms with Gasteiger partial charge in [-0.1, -0.05) is 37.6 Å². The zero-order chi connectivity index (χ0) is 14.7. The van der Waals surface area contributed by atoms with Crippen LogP contribution >= 0.6 is 11.6 Å². The lowest BCUT2D eigenvalue weighted by Crippen LogP contribution is -2.49. The average Bonchev–Trinajstić information content (AvgIpc) is 2.46. The van der Waals surface area contributed by atoms with E-state index in [-0.39, 0.29) is 17.9 Å². The standard InChI is InChI=1S/C16H23ClN2O/c1-11(2)15(18)16(20)19-9-7-13(8-10-19)12-3-5-14(17)6-4-12/h3-6,11,13,15H,7-10,18H2,1-2H3/t15-/m0/s1. The first-order valence-corrected chi connectivity index (χ1v) is 7.66. The van der Waals surface area contributed by atoms with Crippen molar-refractivity contribution in [2.45, 2.75) is 38.6 Å². The lowest BCUT2D eigenvalue weighted by Gasteiger charge is -2.34. The minimum Gasteiger partial charge on any atom is -0.341 e. The fourth-order valence-electron chi connectivity index (χ4n) is 2.66. The summed E-state index contributed by atoms with van der Waals surface area (Å²) in [6.07, 6.45) is 2.00. The zero-order valence-corrected chi connectivity index (χ0v) is 12.9. The van der Waals surface area contributed by atoms with E-state index in [4.69, 9.17) is 17.3 Å². The second-order valence-corrected chi connectivity index (χ2v) is 6.36. The molecular weight excluding hydrogens is 272 g/mol. The van der Waals surface area contributed by atoms with Crippen LogP contribution in [0.25, 0.3) is 0 Å².